The zero-order valence-corrected chi connectivity index (χ0v) is 17.7. The standard InChI is InChI=1S/C22H20Cl2N4O2/c23-18-8-6-17(7-9-18)13-27-11-10-26(15-20(27)29)19-12-25-28(22(30)21(19)24)14-16-4-2-1-3-5-16/h1-9,12H,10-11,13-15H2. The number of amides is 1. The zero-order chi connectivity index (χ0) is 21.1. The van der Waals surface area contributed by atoms with Crippen LogP contribution in [0.2, 0.25) is 10.0 Å². The van der Waals surface area contributed by atoms with Crippen molar-refractivity contribution in [3.05, 3.63) is 92.3 Å². The number of piperazine rings is 1. The largest absolute Gasteiger partial charge is 0.358 e. The van der Waals surface area contributed by atoms with Gasteiger partial charge in [-0.05, 0) is 23.3 Å². The third-order valence-electron chi connectivity index (χ3n) is 5.09. The van der Waals surface area contributed by atoms with Gasteiger partial charge >= 0.3 is 0 Å². The fourth-order valence-corrected chi connectivity index (χ4v) is 3.83. The molecule has 8 heteroatoms. The molecule has 3 aromatic rings. The van der Waals surface area contributed by atoms with Crippen LogP contribution in [0.1, 0.15) is 11.1 Å². The monoisotopic (exact) mass is 442 g/mol. The first-order valence-electron chi connectivity index (χ1n) is 9.58. The minimum absolute atomic E-state index is 0.0271. The highest BCUT2D eigenvalue weighted by Crippen LogP contribution is 2.23. The van der Waals surface area contributed by atoms with Crippen molar-refractivity contribution in [1.82, 2.24) is 14.7 Å². The zero-order valence-electron chi connectivity index (χ0n) is 16.2. The lowest BCUT2D eigenvalue weighted by molar-refractivity contribution is -0.131. The van der Waals surface area contributed by atoms with Crippen LogP contribution in [0.5, 0.6) is 0 Å². The van der Waals surface area contributed by atoms with Crippen LogP contribution in [-0.4, -0.2) is 40.2 Å². The number of aromatic nitrogens is 2. The van der Waals surface area contributed by atoms with E-state index in [0.29, 0.717) is 36.9 Å². The molecule has 0 atom stereocenters. The molecular formula is C22H20Cl2N4O2. The smallest absolute Gasteiger partial charge is 0.287 e. The van der Waals surface area contributed by atoms with Gasteiger partial charge < -0.3 is 9.80 Å². The molecule has 1 aliphatic heterocycles. The third kappa shape index (κ3) is 4.50. The van der Waals surface area contributed by atoms with Gasteiger partial charge in [0.15, 0.2) is 0 Å². The van der Waals surface area contributed by atoms with Crippen LogP contribution in [0.3, 0.4) is 0 Å². The summed E-state index contributed by atoms with van der Waals surface area (Å²) in [6.45, 7) is 2.12. The lowest BCUT2D eigenvalue weighted by Gasteiger charge is -2.35. The maximum Gasteiger partial charge on any atom is 0.287 e. The number of anilines is 1. The molecule has 154 valence electrons. The lowest BCUT2D eigenvalue weighted by atomic mass is 10.2. The van der Waals surface area contributed by atoms with Crippen molar-refractivity contribution in [2.75, 3.05) is 24.5 Å². The summed E-state index contributed by atoms with van der Waals surface area (Å²) in [7, 11) is 0. The molecule has 1 amide bonds. The van der Waals surface area contributed by atoms with Crippen LogP contribution >= 0.6 is 23.2 Å². The third-order valence-corrected chi connectivity index (χ3v) is 5.69. The normalized spacial score (nSPS) is 14.3. The molecule has 1 fully saturated rings. The molecule has 2 heterocycles. The second-order valence-electron chi connectivity index (χ2n) is 7.16. The van der Waals surface area contributed by atoms with Crippen LogP contribution in [0, 0.1) is 0 Å². The van der Waals surface area contributed by atoms with E-state index < -0.39 is 0 Å². The number of halogens is 2. The van der Waals surface area contributed by atoms with Crippen LogP contribution in [-0.2, 0) is 17.9 Å². The number of nitrogens with zero attached hydrogens (tertiary/aromatic N) is 4. The Labute approximate surface area is 184 Å². The second kappa shape index (κ2) is 8.90. The predicted molar refractivity (Wildman–Crippen MR) is 118 cm³/mol. The van der Waals surface area contributed by atoms with Gasteiger partial charge in [-0.15, -0.1) is 0 Å². The topological polar surface area (TPSA) is 58.4 Å². The average Bonchev–Trinajstić information content (AvgIpc) is 2.75. The molecule has 30 heavy (non-hydrogen) atoms. The first kappa shape index (κ1) is 20.4. The summed E-state index contributed by atoms with van der Waals surface area (Å²) in [6, 6.07) is 17.0. The van der Waals surface area contributed by atoms with E-state index in [2.05, 4.69) is 5.10 Å². The molecule has 0 bridgehead atoms. The first-order chi connectivity index (χ1) is 14.5. The van der Waals surface area contributed by atoms with Gasteiger partial charge in [-0.1, -0.05) is 65.7 Å². The van der Waals surface area contributed by atoms with Crippen LogP contribution in [0.15, 0.2) is 65.6 Å². The molecule has 0 spiro atoms. The van der Waals surface area contributed by atoms with E-state index in [1.807, 2.05) is 59.5 Å². The summed E-state index contributed by atoms with van der Waals surface area (Å²) in [6.07, 6.45) is 1.56. The fraction of sp³-hybridized carbons (Fsp3) is 0.227. The maximum absolute atomic E-state index is 12.7. The number of rotatable bonds is 5. The van der Waals surface area contributed by atoms with E-state index in [1.165, 1.54) is 4.68 Å². The summed E-state index contributed by atoms with van der Waals surface area (Å²) < 4.78 is 1.33. The van der Waals surface area contributed by atoms with E-state index in [9.17, 15) is 9.59 Å². The molecule has 1 saturated heterocycles. The van der Waals surface area contributed by atoms with Crippen molar-refractivity contribution < 1.29 is 4.79 Å². The Bertz CT molecular complexity index is 1100. The highest BCUT2D eigenvalue weighted by atomic mass is 35.5. The summed E-state index contributed by atoms with van der Waals surface area (Å²) >= 11 is 12.3. The minimum atomic E-state index is -0.367. The predicted octanol–water partition coefficient (Wildman–Crippen LogP) is 3.45. The minimum Gasteiger partial charge on any atom is -0.358 e. The van der Waals surface area contributed by atoms with Crippen molar-refractivity contribution in [2.45, 2.75) is 13.1 Å². The van der Waals surface area contributed by atoms with Crippen LogP contribution < -0.4 is 10.5 Å². The SMILES string of the molecule is O=C1CN(c2cnn(Cc3ccccc3)c(=O)c2Cl)CCN1Cc1ccc(Cl)cc1. The van der Waals surface area contributed by atoms with Crippen LogP contribution in [0.25, 0.3) is 0 Å². The van der Waals surface area contributed by atoms with Crippen molar-refractivity contribution in [3.8, 4) is 0 Å². The molecular weight excluding hydrogens is 423 g/mol. The van der Waals surface area contributed by atoms with Crippen molar-refractivity contribution >= 4 is 34.8 Å². The molecule has 0 N–H and O–H groups in total. The van der Waals surface area contributed by atoms with Gasteiger partial charge in [-0.3, -0.25) is 9.59 Å². The number of benzene rings is 2. The fourth-order valence-electron chi connectivity index (χ4n) is 3.44. The summed E-state index contributed by atoms with van der Waals surface area (Å²) in [5, 5.41) is 5.02. The van der Waals surface area contributed by atoms with E-state index in [1.54, 1.807) is 11.1 Å². The highest BCUT2D eigenvalue weighted by molar-refractivity contribution is 6.33. The van der Waals surface area contributed by atoms with E-state index >= 15 is 0 Å². The van der Waals surface area contributed by atoms with Gasteiger partial charge in [0, 0.05) is 24.7 Å². The maximum atomic E-state index is 12.7. The van der Waals surface area contributed by atoms with Crippen LogP contribution in [0.4, 0.5) is 5.69 Å². The molecule has 6 nitrogen and oxygen atoms in total. The number of carbonyl (C=O) groups excluding carboxylic acids is 1. The van der Waals surface area contributed by atoms with Gasteiger partial charge in [-0.2, -0.15) is 5.10 Å². The molecule has 2 aromatic carbocycles. The summed E-state index contributed by atoms with van der Waals surface area (Å²) in [5.74, 6) is -0.0271. The van der Waals surface area contributed by atoms with Gasteiger partial charge in [0.1, 0.15) is 5.02 Å². The van der Waals surface area contributed by atoms with Crippen molar-refractivity contribution in [2.24, 2.45) is 0 Å². The molecule has 1 aliphatic rings. The highest BCUT2D eigenvalue weighted by Gasteiger charge is 2.26. The Morgan fingerprint density at radius 3 is 2.27 bits per heavy atom. The molecule has 1 aromatic heterocycles. The van der Waals surface area contributed by atoms with Gasteiger partial charge in [0.25, 0.3) is 5.56 Å². The first-order valence-corrected chi connectivity index (χ1v) is 10.3. The Balaban J connectivity index is 1.46. The molecule has 0 aliphatic carbocycles. The molecule has 0 unspecified atom stereocenters. The Morgan fingerprint density at radius 1 is 0.867 bits per heavy atom. The molecule has 4 rings (SSSR count). The Kier molecular flexibility index (Phi) is 6.06. The van der Waals surface area contributed by atoms with E-state index in [4.69, 9.17) is 23.2 Å². The molecule has 0 radical (unpaired) electrons. The van der Waals surface area contributed by atoms with Gasteiger partial charge in [-0.25, -0.2) is 4.68 Å². The lowest BCUT2D eigenvalue weighted by Crippen LogP contribution is -2.50. The Morgan fingerprint density at radius 2 is 1.57 bits per heavy atom. The average molecular weight is 443 g/mol. The van der Waals surface area contributed by atoms with Crippen molar-refractivity contribution in [1.29, 1.82) is 0 Å². The molecule has 0 saturated carbocycles. The quantitative estimate of drug-likeness (QED) is 0.606. The van der Waals surface area contributed by atoms with E-state index in [0.717, 1.165) is 11.1 Å². The van der Waals surface area contributed by atoms with Gasteiger partial charge in [0.05, 0.1) is 25.0 Å². The number of carbonyl (C=O) groups is 1. The Hall–Kier alpha value is -2.83. The number of hydrogen-bond acceptors (Lipinski definition) is 4. The van der Waals surface area contributed by atoms with Gasteiger partial charge in [0.2, 0.25) is 5.91 Å². The summed E-state index contributed by atoms with van der Waals surface area (Å²) in [4.78, 5) is 29.0. The second-order valence-corrected chi connectivity index (χ2v) is 7.97. The van der Waals surface area contributed by atoms with Crippen molar-refractivity contribution in [3.63, 3.8) is 0 Å². The van der Waals surface area contributed by atoms with E-state index in [-0.39, 0.29) is 23.0 Å². The summed E-state index contributed by atoms with van der Waals surface area (Å²) in [5.41, 5.74) is 2.10. The number of hydrogen-bond donors (Lipinski definition) is 0.